The number of hydrogen-bond acceptors (Lipinski definition) is 3. The molecular formula is C16H13F3N2O3. The van der Waals surface area contributed by atoms with Crippen molar-refractivity contribution in [2.24, 2.45) is 0 Å². The number of para-hydroxylation sites is 1. The molecule has 8 heteroatoms. The third kappa shape index (κ3) is 4.09. The summed E-state index contributed by atoms with van der Waals surface area (Å²) in [6, 6.07) is 10.5. The largest absolute Gasteiger partial charge is 0.417 e. The van der Waals surface area contributed by atoms with E-state index >= 15 is 0 Å². The highest BCUT2D eigenvalue weighted by molar-refractivity contribution is 5.95. The summed E-state index contributed by atoms with van der Waals surface area (Å²) in [7, 11) is 0. The normalized spacial score (nSPS) is 11.1. The second-order valence-corrected chi connectivity index (χ2v) is 4.94. The van der Waals surface area contributed by atoms with Crippen molar-refractivity contribution in [3.05, 3.63) is 75.3 Å². The summed E-state index contributed by atoms with van der Waals surface area (Å²) in [5.74, 6) is -0.874. The summed E-state index contributed by atoms with van der Waals surface area (Å²) in [6.07, 6.45) is -4.50. The van der Waals surface area contributed by atoms with E-state index in [4.69, 9.17) is 0 Å². The summed E-state index contributed by atoms with van der Waals surface area (Å²) in [5, 5.41) is 13.3. The first-order chi connectivity index (χ1) is 11.3. The predicted octanol–water partition coefficient (Wildman–Crippen LogP) is 3.59. The fourth-order valence-corrected chi connectivity index (χ4v) is 2.23. The monoisotopic (exact) mass is 338 g/mol. The molecule has 0 atom stereocenters. The first-order valence-electron chi connectivity index (χ1n) is 6.97. The van der Waals surface area contributed by atoms with Gasteiger partial charge in [0.15, 0.2) is 0 Å². The van der Waals surface area contributed by atoms with Crippen LogP contribution in [-0.2, 0) is 12.6 Å². The molecule has 2 aromatic rings. The Morgan fingerprint density at radius 1 is 1.08 bits per heavy atom. The molecule has 0 aromatic heterocycles. The lowest BCUT2D eigenvalue weighted by molar-refractivity contribution is -0.385. The summed E-state index contributed by atoms with van der Waals surface area (Å²) in [4.78, 5) is 22.3. The fraction of sp³-hybridized carbons (Fsp3) is 0.188. The van der Waals surface area contributed by atoms with E-state index in [1.165, 1.54) is 30.3 Å². The van der Waals surface area contributed by atoms with Crippen molar-refractivity contribution < 1.29 is 22.9 Å². The van der Waals surface area contributed by atoms with Gasteiger partial charge >= 0.3 is 6.18 Å². The number of hydrogen-bond donors (Lipinski definition) is 1. The van der Waals surface area contributed by atoms with E-state index in [-0.39, 0.29) is 18.7 Å². The summed E-state index contributed by atoms with van der Waals surface area (Å²) in [5.41, 5.74) is -1.20. The van der Waals surface area contributed by atoms with E-state index in [9.17, 15) is 28.1 Å². The van der Waals surface area contributed by atoms with Gasteiger partial charge in [-0.1, -0.05) is 30.3 Å². The first kappa shape index (κ1) is 17.5. The van der Waals surface area contributed by atoms with E-state index in [1.54, 1.807) is 6.07 Å². The maximum atomic E-state index is 12.9. The first-order valence-corrected chi connectivity index (χ1v) is 6.97. The van der Waals surface area contributed by atoms with Gasteiger partial charge in [0.05, 0.1) is 16.1 Å². The quantitative estimate of drug-likeness (QED) is 0.669. The highest BCUT2D eigenvalue weighted by Crippen LogP contribution is 2.31. The van der Waals surface area contributed by atoms with Gasteiger partial charge in [-0.25, -0.2) is 0 Å². The zero-order chi connectivity index (χ0) is 17.7. The van der Waals surface area contributed by atoms with Crippen molar-refractivity contribution in [3.63, 3.8) is 0 Å². The second-order valence-electron chi connectivity index (χ2n) is 4.94. The number of nitrogens with one attached hydrogen (secondary N) is 1. The Morgan fingerprint density at radius 2 is 1.71 bits per heavy atom. The van der Waals surface area contributed by atoms with Gasteiger partial charge in [-0.15, -0.1) is 0 Å². The van der Waals surface area contributed by atoms with Crippen LogP contribution in [0.2, 0.25) is 0 Å². The molecule has 0 aliphatic rings. The number of benzene rings is 2. The molecule has 5 nitrogen and oxygen atoms in total. The van der Waals surface area contributed by atoms with Gasteiger partial charge in [0, 0.05) is 18.2 Å². The van der Waals surface area contributed by atoms with Crippen molar-refractivity contribution in [1.29, 1.82) is 0 Å². The Morgan fingerprint density at radius 3 is 2.38 bits per heavy atom. The van der Waals surface area contributed by atoms with Crippen LogP contribution in [0, 0.1) is 10.1 Å². The molecular weight excluding hydrogens is 325 g/mol. The Kier molecular flexibility index (Phi) is 5.18. The van der Waals surface area contributed by atoms with Crippen molar-refractivity contribution in [1.82, 2.24) is 5.32 Å². The van der Waals surface area contributed by atoms with Crippen LogP contribution in [0.25, 0.3) is 0 Å². The lowest BCUT2D eigenvalue weighted by Crippen LogP contribution is -2.28. The summed E-state index contributed by atoms with van der Waals surface area (Å²) < 4.78 is 38.6. The minimum absolute atomic E-state index is 0.0180. The standard InChI is InChI=1S/C16H13F3N2O3/c17-16(18,19)13-7-3-2-6-12(13)15(22)20-10-9-11-5-1-4-8-14(11)21(23)24/h1-8H,9-10H2,(H,20,22). The molecule has 1 N–H and O–H groups in total. The minimum atomic E-state index is -4.63. The van der Waals surface area contributed by atoms with Crippen LogP contribution in [0.15, 0.2) is 48.5 Å². The SMILES string of the molecule is O=C(NCCc1ccccc1[N+](=O)[O-])c1ccccc1C(F)(F)F. The van der Waals surface area contributed by atoms with Crippen molar-refractivity contribution in [2.75, 3.05) is 6.54 Å². The Balaban J connectivity index is 2.07. The van der Waals surface area contributed by atoms with Crippen LogP contribution in [0.5, 0.6) is 0 Å². The molecule has 0 saturated carbocycles. The number of nitro benzene ring substituents is 1. The fourth-order valence-electron chi connectivity index (χ4n) is 2.23. The zero-order valence-corrected chi connectivity index (χ0v) is 12.3. The number of carbonyl (C=O) groups excluding carboxylic acids is 1. The molecule has 24 heavy (non-hydrogen) atoms. The maximum Gasteiger partial charge on any atom is 0.417 e. The number of rotatable bonds is 5. The predicted molar refractivity (Wildman–Crippen MR) is 80.6 cm³/mol. The molecule has 0 saturated heterocycles. The Labute approximate surface area is 135 Å². The van der Waals surface area contributed by atoms with E-state index in [0.717, 1.165) is 12.1 Å². The topological polar surface area (TPSA) is 72.2 Å². The van der Waals surface area contributed by atoms with Crippen LogP contribution in [0.4, 0.5) is 18.9 Å². The summed E-state index contributed by atoms with van der Waals surface area (Å²) >= 11 is 0. The molecule has 2 rings (SSSR count). The number of carbonyl (C=O) groups is 1. The number of nitro groups is 1. The van der Waals surface area contributed by atoms with Gasteiger partial charge < -0.3 is 5.32 Å². The molecule has 0 aliphatic carbocycles. The van der Waals surface area contributed by atoms with Crippen LogP contribution in [-0.4, -0.2) is 17.4 Å². The number of amides is 1. The van der Waals surface area contributed by atoms with Gasteiger partial charge in [0.25, 0.3) is 11.6 Å². The van der Waals surface area contributed by atoms with Crippen LogP contribution >= 0.6 is 0 Å². The molecule has 0 spiro atoms. The minimum Gasteiger partial charge on any atom is -0.352 e. The molecule has 0 heterocycles. The number of alkyl halides is 3. The third-order valence-corrected chi connectivity index (χ3v) is 3.35. The van der Waals surface area contributed by atoms with Crippen molar-refractivity contribution in [3.8, 4) is 0 Å². The smallest absolute Gasteiger partial charge is 0.352 e. The van der Waals surface area contributed by atoms with Crippen LogP contribution < -0.4 is 5.32 Å². The number of halogens is 3. The van der Waals surface area contributed by atoms with Gasteiger partial charge in [-0.05, 0) is 18.6 Å². The Bertz CT molecular complexity index is 760. The molecule has 0 fully saturated rings. The van der Waals surface area contributed by atoms with E-state index in [0.29, 0.717) is 5.56 Å². The van der Waals surface area contributed by atoms with Crippen LogP contribution in [0.1, 0.15) is 21.5 Å². The number of nitrogens with zero attached hydrogens (tertiary/aromatic N) is 1. The van der Waals surface area contributed by atoms with Crippen molar-refractivity contribution >= 4 is 11.6 Å². The van der Waals surface area contributed by atoms with Gasteiger partial charge in [0.2, 0.25) is 0 Å². The van der Waals surface area contributed by atoms with Crippen LogP contribution in [0.3, 0.4) is 0 Å². The lowest BCUT2D eigenvalue weighted by Gasteiger charge is -2.12. The average molecular weight is 338 g/mol. The molecule has 0 aliphatic heterocycles. The average Bonchev–Trinajstić information content (AvgIpc) is 2.54. The van der Waals surface area contributed by atoms with Gasteiger partial charge in [-0.3, -0.25) is 14.9 Å². The molecule has 0 unspecified atom stereocenters. The molecule has 1 amide bonds. The van der Waals surface area contributed by atoms with E-state index in [2.05, 4.69) is 5.32 Å². The molecule has 126 valence electrons. The van der Waals surface area contributed by atoms with Gasteiger partial charge in [-0.2, -0.15) is 13.2 Å². The lowest BCUT2D eigenvalue weighted by atomic mass is 10.1. The third-order valence-electron chi connectivity index (χ3n) is 3.35. The second kappa shape index (κ2) is 7.12. The summed E-state index contributed by atoms with van der Waals surface area (Å²) in [6.45, 7) is -0.0180. The maximum absolute atomic E-state index is 12.9. The van der Waals surface area contributed by atoms with E-state index in [1.807, 2.05) is 0 Å². The highest BCUT2D eigenvalue weighted by atomic mass is 19.4. The van der Waals surface area contributed by atoms with Gasteiger partial charge in [0.1, 0.15) is 0 Å². The highest BCUT2D eigenvalue weighted by Gasteiger charge is 2.34. The molecule has 2 aromatic carbocycles. The molecule has 0 radical (unpaired) electrons. The van der Waals surface area contributed by atoms with E-state index < -0.39 is 28.1 Å². The molecule has 0 bridgehead atoms. The zero-order valence-electron chi connectivity index (χ0n) is 12.3. The van der Waals surface area contributed by atoms with Crippen molar-refractivity contribution in [2.45, 2.75) is 12.6 Å². The Hall–Kier alpha value is -2.90.